The van der Waals surface area contributed by atoms with Crippen molar-refractivity contribution >= 4 is 21.5 Å². The summed E-state index contributed by atoms with van der Waals surface area (Å²) in [5, 5.41) is 0. The molecule has 0 aromatic heterocycles. The van der Waals surface area contributed by atoms with Gasteiger partial charge in [-0.25, -0.2) is 0 Å². The molecule has 15 heavy (non-hydrogen) atoms. The van der Waals surface area contributed by atoms with Crippen LogP contribution in [0.3, 0.4) is 0 Å². The van der Waals surface area contributed by atoms with Gasteiger partial charge in [0.25, 0.3) is 0 Å². The zero-order valence-corrected chi connectivity index (χ0v) is 9.87. The van der Waals surface area contributed by atoms with Gasteiger partial charge in [0.15, 0.2) is 0 Å². The lowest BCUT2D eigenvalue weighted by atomic mass is 9.94. The summed E-state index contributed by atoms with van der Waals surface area (Å²) in [7, 11) is 0. The van der Waals surface area contributed by atoms with E-state index in [0.717, 1.165) is 10.0 Å². The van der Waals surface area contributed by atoms with Crippen LogP contribution in [0.4, 0.5) is 0 Å². The molecule has 0 spiro atoms. The molecule has 1 aliphatic carbocycles. The van der Waals surface area contributed by atoms with Gasteiger partial charge in [0, 0.05) is 16.0 Å². The van der Waals surface area contributed by atoms with Crippen molar-refractivity contribution in [3.63, 3.8) is 0 Å². The van der Waals surface area contributed by atoms with Gasteiger partial charge in [-0.15, -0.1) is 5.73 Å². The number of rotatable bonds is 2. The monoisotopic (exact) mass is 258 g/mol. The van der Waals surface area contributed by atoms with Gasteiger partial charge in [0.1, 0.15) is 0 Å². The van der Waals surface area contributed by atoms with Crippen LogP contribution >= 0.6 is 15.9 Å². The fourth-order valence-corrected chi connectivity index (χ4v) is 2.09. The van der Waals surface area contributed by atoms with Crippen molar-refractivity contribution in [2.75, 3.05) is 0 Å². The minimum absolute atomic E-state index is 0.316. The van der Waals surface area contributed by atoms with Crippen LogP contribution in [0, 0.1) is 5.92 Å². The molecule has 1 heteroatoms. The van der Waals surface area contributed by atoms with Gasteiger partial charge in [-0.05, 0) is 17.7 Å². The highest BCUT2D eigenvalue weighted by Crippen LogP contribution is 2.28. The molecule has 0 saturated heterocycles. The normalized spacial score (nSPS) is 14.2. The summed E-state index contributed by atoms with van der Waals surface area (Å²) in [6.45, 7) is 3.77. The average Bonchev–Trinajstić information content (AvgIpc) is 2.72. The van der Waals surface area contributed by atoms with E-state index in [0.29, 0.717) is 5.92 Å². The predicted octanol–water partition coefficient (Wildman–Crippen LogP) is 4.36. The van der Waals surface area contributed by atoms with Gasteiger partial charge in [0.05, 0.1) is 0 Å². The predicted molar refractivity (Wildman–Crippen MR) is 68.5 cm³/mol. The van der Waals surface area contributed by atoms with Crippen molar-refractivity contribution in [3.8, 4) is 0 Å². The number of hydrogen-bond donors (Lipinski definition) is 0. The number of allylic oxidation sites excluding steroid dienone is 5. The molecule has 1 aromatic rings. The van der Waals surface area contributed by atoms with Crippen LogP contribution in [-0.4, -0.2) is 0 Å². The van der Waals surface area contributed by atoms with Crippen LogP contribution in [0.5, 0.6) is 0 Å². The van der Waals surface area contributed by atoms with E-state index in [4.69, 9.17) is 0 Å². The lowest BCUT2D eigenvalue weighted by Crippen LogP contribution is -1.93. The molecule has 0 unspecified atom stereocenters. The second-order valence-electron chi connectivity index (χ2n) is 3.40. The Bertz CT molecular complexity index is 462. The fourth-order valence-electron chi connectivity index (χ4n) is 1.69. The first-order chi connectivity index (χ1) is 7.31. The van der Waals surface area contributed by atoms with Crippen LogP contribution < -0.4 is 0 Å². The average molecular weight is 259 g/mol. The maximum atomic E-state index is 3.77. The third-order valence-electron chi connectivity index (χ3n) is 2.41. The third-order valence-corrected chi connectivity index (χ3v) is 2.90. The highest BCUT2D eigenvalue weighted by atomic mass is 79.9. The van der Waals surface area contributed by atoms with E-state index in [2.05, 4.69) is 64.7 Å². The zero-order chi connectivity index (χ0) is 10.7. The van der Waals surface area contributed by atoms with Crippen molar-refractivity contribution in [2.45, 2.75) is 0 Å². The summed E-state index contributed by atoms with van der Waals surface area (Å²) in [6, 6.07) is 8.22. The van der Waals surface area contributed by atoms with Crippen LogP contribution in [0.1, 0.15) is 5.56 Å². The summed E-state index contributed by atoms with van der Waals surface area (Å²) in [6.07, 6.45) is 8.41. The lowest BCUT2D eigenvalue weighted by molar-refractivity contribution is 1.12. The summed E-state index contributed by atoms with van der Waals surface area (Å²) < 4.78 is 1.08. The highest BCUT2D eigenvalue weighted by Gasteiger charge is 2.11. The smallest absolute Gasteiger partial charge is 0.0284 e. The molecule has 0 saturated carbocycles. The second-order valence-corrected chi connectivity index (χ2v) is 4.31. The molecule has 0 N–H and O–H groups in total. The van der Waals surface area contributed by atoms with Gasteiger partial charge in [-0.2, -0.15) is 0 Å². The van der Waals surface area contributed by atoms with E-state index in [1.165, 1.54) is 5.56 Å². The molecule has 0 radical (unpaired) electrons. The first-order valence-corrected chi connectivity index (χ1v) is 5.61. The van der Waals surface area contributed by atoms with Crippen molar-refractivity contribution in [1.82, 2.24) is 0 Å². The Kier molecular flexibility index (Phi) is 3.05. The van der Waals surface area contributed by atoms with Gasteiger partial charge in [-0.1, -0.05) is 58.9 Å². The largest absolute Gasteiger partial charge is 0.124 e. The quantitative estimate of drug-likeness (QED) is 0.692. The van der Waals surface area contributed by atoms with Crippen molar-refractivity contribution in [2.24, 2.45) is 5.92 Å². The minimum Gasteiger partial charge on any atom is -0.124 e. The molecule has 74 valence electrons. The van der Waals surface area contributed by atoms with Crippen LogP contribution in [0.25, 0.3) is 5.57 Å². The Labute approximate surface area is 98.5 Å². The molecular weight excluding hydrogens is 248 g/mol. The Morgan fingerprint density at radius 1 is 1.27 bits per heavy atom. The van der Waals surface area contributed by atoms with Gasteiger partial charge >= 0.3 is 0 Å². The molecule has 0 nitrogen and oxygen atoms in total. The summed E-state index contributed by atoms with van der Waals surface area (Å²) >= 11 is 3.47. The maximum Gasteiger partial charge on any atom is 0.0284 e. The molecule has 0 fully saturated rings. The van der Waals surface area contributed by atoms with E-state index < -0.39 is 0 Å². The molecule has 0 heterocycles. The number of halogens is 1. The topological polar surface area (TPSA) is 0 Å². The zero-order valence-electron chi connectivity index (χ0n) is 8.28. The van der Waals surface area contributed by atoms with E-state index in [1.807, 2.05) is 12.1 Å². The summed E-state index contributed by atoms with van der Waals surface area (Å²) in [5.41, 5.74) is 5.32. The van der Waals surface area contributed by atoms with E-state index >= 15 is 0 Å². The number of hydrogen-bond acceptors (Lipinski definition) is 0. The lowest BCUT2D eigenvalue weighted by Gasteiger charge is -2.09. The molecule has 0 bridgehead atoms. The molecule has 1 aromatic carbocycles. The molecule has 2 rings (SSSR count). The Morgan fingerprint density at radius 2 is 2.00 bits per heavy atom. The summed E-state index contributed by atoms with van der Waals surface area (Å²) in [4.78, 5) is 0. The molecular formula is C14H11Br. The molecule has 1 aliphatic rings. The molecule has 0 atom stereocenters. The Hall–Kier alpha value is -1.30. The highest BCUT2D eigenvalue weighted by molar-refractivity contribution is 9.10. The number of benzene rings is 1. The molecule has 0 amide bonds. The van der Waals surface area contributed by atoms with Gasteiger partial charge < -0.3 is 0 Å². The first kappa shape index (κ1) is 10.2. The Balaban J connectivity index is 2.40. The van der Waals surface area contributed by atoms with Gasteiger partial charge in [0.2, 0.25) is 0 Å². The molecule has 0 aliphatic heterocycles. The van der Waals surface area contributed by atoms with E-state index in [9.17, 15) is 0 Å². The second kappa shape index (κ2) is 4.48. The van der Waals surface area contributed by atoms with Gasteiger partial charge in [-0.3, -0.25) is 0 Å². The Morgan fingerprint density at radius 3 is 2.60 bits per heavy atom. The van der Waals surface area contributed by atoms with Crippen LogP contribution in [-0.2, 0) is 0 Å². The first-order valence-electron chi connectivity index (χ1n) is 4.82. The SMILES string of the molecule is C=C=C(c1cccc(Br)c1)C1C=CC=C1. The van der Waals surface area contributed by atoms with E-state index in [1.54, 1.807) is 0 Å². The standard InChI is InChI=1S/C14H11Br/c1-2-14(11-6-3-4-7-11)12-8-5-9-13(15)10-12/h3-11H,1H2. The van der Waals surface area contributed by atoms with Crippen molar-refractivity contribution in [3.05, 3.63) is 70.9 Å². The minimum atomic E-state index is 0.316. The van der Waals surface area contributed by atoms with Crippen LogP contribution in [0.15, 0.2) is 65.4 Å². The summed E-state index contributed by atoms with van der Waals surface area (Å²) in [5.74, 6) is 0.316. The van der Waals surface area contributed by atoms with Crippen molar-refractivity contribution in [1.29, 1.82) is 0 Å². The van der Waals surface area contributed by atoms with Crippen molar-refractivity contribution < 1.29 is 0 Å². The maximum absolute atomic E-state index is 3.77. The third kappa shape index (κ3) is 2.20. The fraction of sp³-hybridized carbons (Fsp3) is 0.0714. The van der Waals surface area contributed by atoms with E-state index in [-0.39, 0.29) is 0 Å². The van der Waals surface area contributed by atoms with Crippen LogP contribution in [0.2, 0.25) is 0 Å².